The molecule has 0 spiro atoms. The molecule has 2 N–H and O–H groups in total. The Balaban J connectivity index is 2.31. The topological polar surface area (TPSA) is 43.1 Å². The summed E-state index contributed by atoms with van der Waals surface area (Å²) in [6.07, 6.45) is 2.89. The maximum absolute atomic E-state index is 11.6. The molecule has 15 heavy (non-hydrogen) atoms. The summed E-state index contributed by atoms with van der Waals surface area (Å²) in [5, 5.41) is 0. The Morgan fingerprint density at radius 2 is 2.20 bits per heavy atom. The first-order valence-electron chi connectivity index (χ1n) is 5.56. The fraction of sp³-hybridized carbons (Fsp3) is 0.462. The van der Waals surface area contributed by atoms with Crippen LogP contribution in [0.5, 0.6) is 0 Å². The number of rotatable bonds is 4. The molecular formula is C13H17NO. The van der Waals surface area contributed by atoms with Crippen LogP contribution in [0.1, 0.15) is 42.1 Å². The summed E-state index contributed by atoms with van der Waals surface area (Å²) < 4.78 is 0. The highest BCUT2D eigenvalue weighted by Gasteiger charge is 2.42. The third-order valence-electron chi connectivity index (χ3n) is 3.36. The lowest BCUT2D eigenvalue weighted by Gasteiger charge is -2.13. The zero-order valence-electron chi connectivity index (χ0n) is 9.12. The lowest BCUT2D eigenvalue weighted by atomic mass is 9.93. The zero-order valence-corrected chi connectivity index (χ0v) is 9.12. The number of Topliss-reactive ketones (excluding diaryl/α,β-unsaturated/α-hetero) is 1. The zero-order chi connectivity index (χ0) is 10.9. The van der Waals surface area contributed by atoms with E-state index in [0.29, 0.717) is 13.0 Å². The highest BCUT2D eigenvalue weighted by Crippen LogP contribution is 2.47. The number of carbonyl (C=O) groups excluding carboxylic acids is 1. The molecule has 0 atom stereocenters. The molecule has 1 fully saturated rings. The van der Waals surface area contributed by atoms with Crippen LogP contribution in [0.3, 0.4) is 0 Å². The number of carbonyl (C=O) groups is 1. The van der Waals surface area contributed by atoms with Gasteiger partial charge in [-0.25, -0.2) is 0 Å². The first kappa shape index (κ1) is 10.4. The Kier molecular flexibility index (Phi) is 2.61. The Hall–Kier alpha value is -1.15. The van der Waals surface area contributed by atoms with E-state index in [2.05, 4.69) is 6.07 Å². The van der Waals surface area contributed by atoms with Crippen LogP contribution in [0.4, 0.5) is 0 Å². The fourth-order valence-corrected chi connectivity index (χ4v) is 1.99. The fourth-order valence-electron chi connectivity index (χ4n) is 1.99. The minimum Gasteiger partial charge on any atom is -0.330 e. The third-order valence-corrected chi connectivity index (χ3v) is 3.36. The minimum atomic E-state index is 0.185. The summed E-state index contributed by atoms with van der Waals surface area (Å²) >= 11 is 0. The minimum absolute atomic E-state index is 0.185. The van der Waals surface area contributed by atoms with E-state index in [0.717, 1.165) is 18.4 Å². The molecule has 2 nitrogen and oxygen atoms in total. The van der Waals surface area contributed by atoms with Crippen molar-refractivity contribution in [2.75, 3.05) is 6.54 Å². The second kappa shape index (κ2) is 3.78. The van der Waals surface area contributed by atoms with E-state index in [-0.39, 0.29) is 11.2 Å². The van der Waals surface area contributed by atoms with Crippen LogP contribution in [0.2, 0.25) is 0 Å². The van der Waals surface area contributed by atoms with E-state index in [9.17, 15) is 4.79 Å². The molecule has 1 aromatic rings. The van der Waals surface area contributed by atoms with E-state index in [1.807, 2.05) is 25.1 Å². The van der Waals surface area contributed by atoms with Crippen molar-refractivity contribution < 1.29 is 4.79 Å². The number of hydrogen-bond acceptors (Lipinski definition) is 2. The number of hydrogen-bond donors (Lipinski definition) is 1. The van der Waals surface area contributed by atoms with Crippen LogP contribution in [-0.4, -0.2) is 12.3 Å². The molecule has 0 aromatic heterocycles. The van der Waals surface area contributed by atoms with Gasteiger partial charge in [0, 0.05) is 23.9 Å². The molecule has 2 heteroatoms. The van der Waals surface area contributed by atoms with Gasteiger partial charge in [-0.05, 0) is 24.5 Å². The summed E-state index contributed by atoms with van der Waals surface area (Å²) in [5.41, 5.74) is 8.03. The predicted octanol–water partition coefficient (Wildman–Crippen LogP) is 2.27. The molecule has 1 aliphatic rings. The smallest absolute Gasteiger partial charge is 0.162 e. The lowest BCUT2D eigenvalue weighted by molar-refractivity contribution is 0.0988. The molecule has 0 aliphatic heterocycles. The number of ketones is 1. The SMILES string of the molecule is CCC(=O)c1cccc(C2(CN)CC2)c1. The van der Waals surface area contributed by atoms with Gasteiger partial charge in [-0.1, -0.05) is 25.1 Å². The lowest BCUT2D eigenvalue weighted by Crippen LogP contribution is -2.20. The van der Waals surface area contributed by atoms with Crippen molar-refractivity contribution in [1.29, 1.82) is 0 Å². The van der Waals surface area contributed by atoms with E-state index in [1.54, 1.807) is 0 Å². The monoisotopic (exact) mass is 203 g/mol. The summed E-state index contributed by atoms with van der Waals surface area (Å²) in [4.78, 5) is 11.6. The summed E-state index contributed by atoms with van der Waals surface area (Å²) in [5.74, 6) is 0.213. The highest BCUT2D eigenvalue weighted by molar-refractivity contribution is 5.96. The van der Waals surface area contributed by atoms with Crippen molar-refractivity contribution in [3.05, 3.63) is 35.4 Å². The summed E-state index contributed by atoms with van der Waals surface area (Å²) in [7, 11) is 0. The van der Waals surface area contributed by atoms with E-state index < -0.39 is 0 Å². The van der Waals surface area contributed by atoms with Crippen molar-refractivity contribution in [2.45, 2.75) is 31.6 Å². The molecule has 2 rings (SSSR count). The van der Waals surface area contributed by atoms with Gasteiger partial charge in [0.15, 0.2) is 5.78 Å². The van der Waals surface area contributed by atoms with Gasteiger partial charge in [-0.3, -0.25) is 4.79 Å². The summed E-state index contributed by atoms with van der Waals surface area (Å²) in [6, 6.07) is 7.97. The Morgan fingerprint density at radius 3 is 2.73 bits per heavy atom. The van der Waals surface area contributed by atoms with Crippen LogP contribution in [-0.2, 0) is 5.41 Å². The van der Waals surface area contributed by atoms with Gasteiger partial charge in [-0.15, -0.1) is 0 Å². The molecular weight excluding hydrogens is 186 g/mol. The van der Waals surface area contributed by atoms with Gasteiger partial charge >= 0.3 is 0 Å². The maximum Gasteiger partial charge on any atom is 0.162 e. The van der Waals surface area contributed by atoms with Crippen molar-refractivity contribution in [3.63, 3.8) is 0 Å². The van der Waals surface area contributed by atoms with Crippen LogP contribution in [0.15, 0.2) is 24.3 Å². The molecule has 1 saturated carbocycles. The molecule has 0 saturated heterocycles. The van der Waals surface area contributed by atoms with Crippen molar-refractivity contribution in [3.8, 4) is 0 Å². The first-order chi connectivity index (χ1) is 7.22. The van der Waals surface area contributed by atoms with Crippen LogP contribution < -0.4 is 5.73 Å². The molecule has 0 heterocycles. The molecule has 1 aliphatic carbocycles. The largest absolute Gasteiger partial charge is 0.330 e. The Labute approximate surface area is 90.5 Å². The highest BCUT2D eigenvalue weighted by atomic mass is 16.1. The standard InChI is InChI=1S/C13H17NO/c1-2-12(15)10-4-3-5-11(8-10)13(9-14)6-7-13/h3-5,8H,2,6-7,9,14H2,1H3. The predicted molar refractivity (Wildman–Crippen MR) is 61.0 cm³/mol. The van der Waals surface area contributed by atoms with Gasteiger partial charge in [-0.2, -0.15) is 0 Å². The third kappa shape index (κ3) is 1.82. The van der Waals surface area contributed by atoms with E-state index >= 15 is 0 Å². The average molecular weight is 203 g/mol. The van der Waals surface area contributed by atoms with Crippen molar-refractivity contribution in [1.82, 2.24) is 0 Å². The number of nitrogens with two attached hydrogens (primary N) is 1. The quantitative estimate of drug-likeness (QED) is 0.763. The van der Waals surface area contributed by atoms with Crippen molar-refractivity contribution in [2.24, 2.45) is 5.73 Å². The number of benzene rings is 1. The maximum atomic E-state index is 11.6. The second-order valence-corrected chi connectivity index (χ2v) is 4.34. The summed E-state index contributed by atoms with van der Waals surface area (Å²) in [6.45, 7) is 2.58. The average Bonchev–Trinajstić information content (AvgIpc) is 3.09. The van der Waals surface area contributed by atoms with Crippen LogP contribution in [0, 0.1) is 0 Å². The normalized spacial score (nSPS) is 17.5. The van der Waals surface area contributed by atoms with E-state index in [1.165, 1.54) is 5.56 Å². The second-order valence-electron chi connectivity index (χ2n) is 4.34. The van der Waals surface area contributed by atoms with Crippen LogP contribution >= 0.6 is 0 Å². The molecule has 1 aromatic carbocycles. The molecule has 0 radical (unpaired) electrons. The van der Waals surface area contributed by atoms with Gasteiger partial charge < -0.3 is 5.73 Å². The molecule has 0 unspecified atom stereocenters. The molecule has 80 valence electrons. The van der Waals surface area contributed by atoms with Crippen LogP contribution in [0.25, 0.3) is 0 Å². The Bertz CT molecular complexity index is 380. The Morgan fingerprint density at radius 1 is 1.47 bits per heavy atom. The van der Waals surface area contributed by atoms with Crippen molar-refractivity contribution >= 4 is 5.78 Å². The first-order valence-corrected chi connectivity index (χ1v) is 5.56. The molecule has 0 bridgehead atoms. The van der Waals surface area contributed by atoms with Gasteiger partial charge in [0.2, 0.25) is 0 Å². The van der Waals surface area contributed by atoms with E-state index in [4.69, 9.17) is 5.73 Å². The van der Waals surface area contributed by atoms with Gasteiger partial charge in [0.05, 0.1) is 0 Å². The van der Waals surface area contributed by atoms with Gasteiger partial charge in [0.1, 0.15) is 0 Å². The van der Waals surface area contributed by atoms with Gasteiger partial charge in [0.25, 0.3) is 0 Å². The molecule has 0 amide bonds.